The number of nitrogens with one attached hydrogen (secondary N) is 1. The Balaban J connectivity index is 1.97. The molecule has 140 valence electrons. The molecular weight excluding hydrogens is 334 g/mol. The minimum absolute atomic E-state index is 0.179. The van der Waals surface area contributed by atoms with E-state index in [9.17, 15) is 9.59 Å². The number of carbonyl (C=O) groups excluding carboxylic acids is 2. The van der Waals surface area contributed by atoms with E-state index >= 15 is 0 Å². The molecule has 0 aliphatic carbocycles. The number of carbonyl (C=O) groups is 2. The van der Waals surface area contributed by atoms with E-state index in [0.717, 1.165) is 5.56 Å². The van der Waals surface area contributed by atoms with Crippen LogP contribution >= 0.6 is 0 Å². The number of benzene rings is 1. The Morgan fingerprint density at radius 1 is 1.19 bits per heavy atom. The SMILES string of the molecule is CC(=O)c1cc(NC(=O)OC(C)(C)C)n(CCOCc2ccccc2)n1. The van der Waals surface area contributed by atoms with E-state index < -0.39 is 11.7 Å². The van der Waals surface area contributed by atoms with Crippen molar-refractivity contribution in [2.45, 2.75) is 46.4 Å². The molecule has 2 rings (SSSR count). The third-order valence-electron chi connectivity index (χ3n) is 3.33. The number of nitrogens with zero attached hydrogens (tertiary/aromatic N) is 2. The molecule has 0 atom stereocenters. The second-order valence-electron chi connectivity index (χ2n) is 6.86. The summed E-state index contributed by atoms with van der Waals surface area (Å²) in [5.74, 6) is 0.217. The molecule has 0 unspecified atom stereocenters. The first-order valence-corrected chi connectivity index (χ1v) is 8.45. The zero-order valence-electron chi connectivity index (χ0n) is 15.6. The van der Waals surface area contributed by atoms with Gasteiger partial charge < -0.3 is 9.47 Å². The van der Waals surface area contributed by atoms with Crippen LogP contribution in [0.5, 0.6) is 0 Å². The summed E-state index contributed by atoms with van der Waals surface area (Å²) in [6, 6.07) is 11.4. The van der Waals surface area contributed by atoms with Crippen LogP contribution in [0.25, 0.3) is 0 Å². The van der Waals surface area contributed by atoms with Gasteiger partial charge in [0.2, 0.25) is 0 Å². The molecule has 0 aliphatic rings. The summed E-state index contributed by atoms with van der Waals surface area (Å²) in [4.78, 5) is 23.6. The summed E-state index contributed by atoms with van der Waals surface area (Å²) in [6.45, 7) is 8.03. The molecule has 0 saturated heterocycles. The first kappa shape index (κ1) is 19.7. The van der Waals surface area contributed by atoms with Gasteiger partial charge in [0.25, 0.3) is 0 Å². The zero-order valence-corrected chi connectivity index (χ0v) is 15.6. The van der Waals surface area contributed by atoms with Gasteiger partial charge in [-0.15, -0.1) is 0 Å². The fraction of sp³-hybridized carbons (Fsp3) is 0.421. The number of ether oxygens (including phenoxy) is 2. The summed E-state index contributed by atoms with van der Waals surface area (Å²) in [6.07, 6.45) is -0.598. The van der Waals surface area contributed by atoms with E-state index in [2.05, 4.69) is 10.4 Å². The molecule has 0 bridgehead atoms. The third kappa shape index (κ3) is 6.33. The van der Waals surface area contributed by atoms with E-state index in [0.29, 0.717) is 25.6 Å². The summed E-state index contributed by atoms with van der Waals surface area (Å²) in [7, 11) is 0. The molecule has 7 nitrogen and oxygen atoms in total. The summed E-state index contributed by atoms with van der Waals surface area (Å²) >= 11 is 0. The fourth-order valence-corrected chi connectivity index (χ4v) is 2.18. The molecule has 0 radical (unpaired) electrons. The molecule has 1 heterocycles. The van der Waals surface area contributed by atoms with Crippen LogP contribution in [0.3, 0.4) is 0 Å². The third-order valence-corrected chi connectivity index (χ3v) is 3.33. The summed E-state index contributed by atoms with van der Waals surface area (Å²) in [5.41, 5.74) is 0.737. The predicted molar refractivity (Wildman–Crippen MR) is 98.2 cm³/mol. The number of ketones is 1. The number of aromatic nitrogens is 2. The zero-order chi connectivity index (χ0) is 19.2. The van der Waals surface area contributed by atoms with Gasteiger partial charge in [0.05, 0.1) is 19.8 Å². The predicted octanol–water partition coefficient (Wildman–Crippen LogP) is 3.65. The Kier molecular flexibility index (Phi) is 6.52. The van der Waals surface area contributed by atoms with Crippen LogP contribution in [-0.2, 0) is 22.6 Å². The largest absolute Gasteiger partial charge is 0.444 e. The maximum atomic E-state index is 12.0. The van der Waals surface area contributed by atoms with Crippen molar-refractivity contribution in [1.82, 2.24) is 9.78 Å². The number of hydrogen-bond donors (Lipinski definition) is 1. The molecule has 7 heteroatoms. The summed E-state index contributed by atoms with van der Waals surface area (Å²) < 4.78 is 12.4. The van der Waals surface area contributed by atoms with E-state index in [1.165, 1.54) is 17.7 Å². The van der Waals surface area contributed by atoms with Gasteiger partial charge in [-0.05, 0) is 26.3 Å². The maximum absolute atomic E-state index is 12.0. The quantitative estimate of drug-likeness (QED) is 0.603. The first-order valence-electron chi connectivity index (χ1n) is 8.45. The number of anilines is 1. The molecule has 0 spiro atoms. The Hall–Kier alpha value is -2.67. The van der Waals surface area contributed by atoms with Crippen molar-refractivity contribution in [3.05, 3.63) is 47.7 Å². The van der Waals surface area contributed by atoms with Crippen LogP contribution in [0, 0.1) is 0 Å². The van der Waals surface area contributed by atoms with Crippen LogP contribution in [0.4, 0.5) is 10.6 Å². The molecule has 1 aromatic carbocycles. The van der Waals surface area contributed by atoms with Crippen molar-refractivity contribution < 1.29 is 19.1 Å². The highest BCUT2D eigenvalue weighted by molar-refractivity contribution is 5.94. The van der Waals surface area contributed by atoms with Crippen LogP contribution < -0.4 is 5.32 Å². The lowest BCUT2D eigenvalue weighted by Gasteiger charge is -2.19. The number of rotatable bonds is 7. The monoisotopic (exact) mass is 359 g/mol. The minimum atomic E-state index is -0.614. The van der Waals surface area contributed by atoms with E-state index in [1.807, 2.05) is 30.3 Å². The van der Waals surface area contributed by atoms with Gasteiger partial charge in [0.1, 0.15) is 17.1 Å². The number of amides is 1. The van der Waals surface area contributed by atoms with Crippen molar-refractivity contribution in [3.63, 3.8) is 0 Å². The Morgan fingerprint density at radius 3 is 2.50 bits per heavy atom. The smallest absolute Gasteiger partial charge is 0.413 e. The Labute approximate surface area is 153 Å². The molecule has 2 aromatic rings. The Morgan fingerprint density at radius 2 is 1.88 bits per heavy atom. The molecule has 1 aromatic heterocycles. The van der Waals surface area contributed by atoms with Crippen molar-refractivity contribution in [1.29, 1.82) is 0 Å². The average Bonchev–Trinajstić information content (AvgIpc) is 2.94. The lowest BCUT2D eigenvalue weighted by molar-refractivity contribution is 0.0633. The fourth-order valence-electron chi connectivity index (χ4n) is 2.18. The van der Waals surface area contributed by atoms with Gasteiger partial charge in [-0.3, -0.25) is 10.1 Å². The minimum Gasteiger partial charge on any atom is -0.444 e. The lowest BCUT2D eigenvalue weighted by atomic mass is 10.2. The van der Waals surface area contributed by atoms with Gasteiger partial charge in [-0.2, -0.15) is 5.10 Å². The van der Waals surface area contributed by atoms with Gasteiger partial charge in [-0.25, -0.2) is 9.48 Å². The molecule has 1 amide bonds. The topological polar surface area (TPSA) is 82.5 Å². The standard InChI is InChI=1S/C19H25N3O4/c1-14(23)16-12-17(20-18(24)26-19(2,3)4)22(21-16)10-11-25-13-15-8-6-5-7-9-15/h5-9,12H,10-11,13H2,1-4H3,(H,20,24). The molecule has 0 fully saturated rings. The molecule has 0 aliphatic heterocycles. The van der Waals surface area contributed by atoms with Gasteiger partial charge >= 0.3 is 6.09 Å². The highest BCUT2D eigenvalue weighted by atomic mass is 16.6. The normalized spacial score (nSPS) is 11.2. The molecule has 1 N–H and O–H groups in total. The van der Waals surface area contributed by atoms with Crippen molar-refractivity contribution in [3.8, 4) is 0 Å². The average molecular weight is 359 g/mol. The lowest BCUT2D eigenvalue weighted by Crippen LogP contribution is -2.28. The van der Waals surface area contributed by atoms with Crippen LogP contribution in [0.1, 0.15) is 43.7 Å². The van der Waals surface area contributed by atoms with Crippen LogP contribution in [0.2, 0.25) is 0 Å². The van der Waals surface area contributed by atoms with Gasteiger partial charge in [0, 0.05) is 13.0 Å². The number of Topliss-reactive ketones (excluding diaryl/α,β-unsaturated/α-hetero) is 1. The molecule has 0 saturated carbocycles. The van der Waals surface area contributed by atoms with E-state index in [4.69, 9.17) is 9.47 Å². The highest BCUT2D eigenvalue weighted by Gasteiger charge is 2.19. The van der Waals surface area contributed by atoms with Crippen molar-refractivity contribution >= 4 is 17.7 Å². The van der Waals surface area contributed by atoms with E-state index in [-0.39, 0.29) is 11.5 Å². The maximum Gasteiger partial charge on any atom is 0.413 e. The second kappa shape index (κ2) is 8.62. The number of hydrogen-bond acceptors (Lipinski definition) is 5. The van der Waals surface area contributed by atoms with E-state index in [1.54, 1.807) is 20.8 Å². The van der Waals surface area contributed by atoms with Crippen LogP contribution in [0.15, 0.2) is 36.4 Å². The first-order chi connectivity index (χ1) is 12.2. The van der Waals surface area contributed by atoms with Crippen molar-refractivity contribution in [2.75, 3.05) is 11.9 Å². The summed E-state index contributed by atoms with van der Waals surface area (Å²) in [5, 5.41) is 6.85. The Bertz CT molecular complexity index is 748. The van der Waals surface area contributed by atoms with Crippen LogP contribution in [-0.4, -0.2) is 33.9 Å². The molecule has 26 heavy (non-hydrogen) atoms. The van der Waals surface area contributed by atoms with Gasteiger partial charge in [-0.1, -0.05) is 30.3 Å². The van der Waals surface area contributed by atoms with Gasteiger partial charge in [0.15, 0.2) is 5.78 Å². The molecular formula is C19H25N3O4. The van der Waals surface area contributed by atoms with Crippen molar-refractivity contribution in [2.24, 2.45) is 0 Å². The highest BCUT2D eigenvalue weighted by Crippen LogP contribution is 2.14. The second-order valence-corrected chi connectivity index (χ2v) is 6.86.